The molecule has 0 amide bonds. The quantitative estimate of drug-likeness (QED) is 0.201. The molecule has 5 aliphatic rings. The summed E-state index contributed by atoms with van der Waals surface area (Å²) in [6, 6.07) is 52.4. The summed E-state index contributed by atoms with van der Waals surface area (Å²) < 4.78 is 0. The first kappa shape index (κ1) is 25.7. The van der Waals surface area contributed by atoms with Crippen LogP contribution in [0.4, 0.5) is 17.1 Å². The van der Waals surface area contributed by atoms with Crippen LogP contribution in [0.2, 0.25) is 0 Å². The molecule has 1 spiro atoms. The lowest BCUT2D eigenvalue weighted by molar-refractivity contribution is -0.0399. The molecule has 0 unspecified atom stereocenters. The number of nitrogens with zero attached hydrogens (tertiary/aromatic N) is 1. The molecule has 0 radical (unpaired) electrons. The average Bonchev–Trinajstić information content (AvgIpc) is 3.38. The molecule has 1 nitrogen and oxygen atoms in total. The lowest BCUT2D eigenvalue weighted by Crippen LogP contribution is -2.55. The Morgan fingerprint density at radius 3 is 1.78 bits per heavy atom. The van der Waals surface area contributed by atoms with E-state index < -0.39 is 0 Å². The SMILES string of the molecule is c1ccc(-c2ccc(N(c3ccc4c(c3)C3(c5ccccc5-4)C4CC5CC(C4)CC3C5)c3ccc4ccccc4c3)cc2)cc1. The topological polar surface area (TPSA) is 3.24 Å². The van der Waals surface area contributed by atoms with E-state index in [1.807, 2.05) is 0 Å². The summed E-state index contributed by atoms with van der Waals surface area (Å²) in [5.41, 5.74) is 12.5. The van der Waals surface area contributed by atoms with Crippen molar-refractivity contribution in [2.75, 3.05) is 4.90 Å². The summed E-state index contributed by atoms with van der Waals surface area (Å²) in [6.07, 6.45) is 7.09. The molecule has 5 aliphatic carbocycles. The zero-order valence-electron chi connectivity index (χ0n) is 25.6. The number of rotatable bonds is 4. The Morgan fingerprint density at radius 1 is 0.422 bits per heavy atom. The van der Waals surface area contributed by atoms with Crippen molar-refractivity contribution in [3.8, 4) is 22.3 Å². The standard InChI is InChI=1S/C44H37N/c1-2-8-31(9-3-1)33-14-17-37(18-15-33)45(38-19-16-32-10-4-5-11-34(32)27-38)39-20-21-41-40-12-6-7-13-42(40)44(43(41)28-39)35-23-29-22-30(25-35)26-36(44)24-29/h1-21,27-30,35-36H,22-26H2. The lowest BCUT2D eigenvalue weighted by atomic mass is 9.43. The van der Waals surface area contributed by atoms with E-state index in [0.717, 1.165) is 23.7 Å². The van der Waals surface area contributed by atoms with Crippen LogP contribution >= 0.6 is 0 Å². The van der Waals surface area contributed by atoms with Crippen molar-refractivity contribution < 1.29 is 0 Å². The molecule has 0 heterocycles. The van der Waals surface area contributed by atoms with Crippen LogP contribution in [0.1, 0.15) is 43.2 Å². The summed E-state index contributed by atoms with van der Waals surface area (Å²) in [5, 5.41) is 2.55. The summed E-state index contributed by atoms with van der Waals surface area (Å²) in [5.74, 6) is 3.39. The molecule has 4 saturated carbocycles. The molecule has 4 fully saturated rings. The smallest absolute Gasteiger partial charge is 0.0468 e. The highest BCUT2D eigenvalue weighted by atomic mass is 15.1. The van der Waals surface area contributed by atoms with E-state index in [-0.39, 0.29) is 5.41 Å². The molecule has 0 aromatic heterocycles. The summed E-state index contributed by atoms with van der Waals surface area (Å²) in [7, 11) is 0. The minimum Gasteiger partial charge on any atom is -0.310 e. The lowest BCUT2D eigenvalue weighted by Gasteiger charge is -2.61. The molecule has 0 aliphatic heterocycles. The van der Waals surface area contributed by atoms with E-state index in [2.05, 4.69) is 144 Å². The van der Waals surface area contributed by atoms with Crippen LogP contribution in [0.15, 0.2) is 140 Å². The van der Waals surface area contributed by atoms with Crippen LogP contribution in [-0.4, -0.2) is 0 Å². The van der Waals surface area contributed by atoms with Gasteiger partial charge in [-0.25, -0.2) is 0 Å². The first-order valence-corrected chi connectivity index (χ1v) is 16.9. The van der Waals surface area contributed by atoms with Crippen molar-refractivity contribution in [3.63, 3.8) is 0 Å². The Balaban J connectivity index is 1.16. The van der Waals surface area contributed by atoms with E-state index in [9.17, 15) is 0 Å². The van der Waals surface area contributed by atoms with Crippen LogP contribution in [0.25, 0.3) is 33.0 Å². The molecule has 218 valence electrons. The van der Waals surface area contributed by atoms with Crippen LogP contribution in [0, 0.1) is 23.7 Å². The van der Waals surface area contributed by atoms with Crippen molar-refractivity contribution >= 4 is 27.8 Å². The molecule has 6 aromatic carbocycles. The summed E-state index contributed by atoms with van der Waals surface area (Å²) in [4.78, 5) is 2.49. The second kappa shape index (κ2) is 9.69. The van der Waals surface area contributed by atoms with Crippen LogP contribution in [0.3, 0.4) is 0 Å². The number of hydrogen-bond acceptors (Lipinski definition) is 1. The molecule has 11 rings (SSSR count). The van der Waals surface area contributed by atoms with Gasteiger partial charge in [0.1, 0.15) is 0 Å². The molecular weight excluding hydrogens is 542 g/mol. The second-order valence-electron chi connectivity index (χ2n) is 14.2. The van der Waals surface area contributed by atoms with Crippen molar-refractivity contribution in [1.82, 2.24) is 0 Å². The van der Waals surface area contributed by atoms with Crippen LogP contribution < -0.4 is 4.90 Å². The van der Waals surface area contributed by atoms with Gasteiger partial charge >= 0.3 is 0 Å². The molecule has 0 atom stereocenters. The molecule has 4 bridgehead atoms. The van der Waals surface area contributed by atoms with Gasteiger partial charge in [-0.15, -0.1) is 0 Å². The maximum atomic E-state index is 2.61. The average molecular weight is 580 g/mol. The highest BCUT2D eigenvalue weighted by Crippen LogP contribution is 2.69. The fraction of sp³-hybridized carbons (Fsp3) is 0.227. The summed E-state index contributed by atoms with van der Waals surface area (Å²) in [6.45, 7) is 0. The third kappa shape index (κ3) is 3.73. The molecule has 0 N–H and O–H groups in total. The van der Waals surface area contributed by atoms with Gasteiger partial charge in [0.2, 0.25) is 0 Å². The molecular formula is C44H37N. The zero-order chi connectivity index (χ0) is 29.5. The normalized spacial score (nSPS) is 25.4. The number of fused-ring (bicyclic) bond motifs is 4. The number of benzene rings is 6. The van der Waals surface area contributed by atoms with Crippen molar-refractivity contribution in [1.29, 1.82) is 0 Å². The minimum atomic E-state index is 0.154. The summed E-state index contributed by atoms with van der Waals surface area (Å²) >= 11 is 0. The Labute approximate surface area is 266 Å². The third-order valence-corrected chi connectivity index (χ3v) is 12.0. The van der Waals surface area contributed by atoms with Gasteiger partial charge in [0.25, 0.3) is 0 Å². The first-order valence-electron chi connectivity index (χ1n) is 16.9. The molecule has 1 heteroatoms. The minimum absolute atomic E-state index is 0.154. The maximum absolute atomic E-state index is 2.61. The van der Waals surface area contributed by atoms with Gasteiger partial charge in [0.05, 0.1) is 0 Å². The van der Waals surface area contributed by atoms with Gasteiger partial charge in [0.15, 0.2) is 0 Å². The van der Waals surface area contributed by atoms with E-state index in [4.69, 9.17) is 0 Å². The Bertz CT molecular complexity index is 2040. The van der Waals surface area contributed by atoms with Crippen LogP contribution in [0.5, 0.6) is 0 Å². The van der Waals surface area contributed by atoms with E-state index in [0.29, 0.717) is 0 Å². The highest BCUT2D eigenvalue weighted by Gasteiger charge is 2.61. The Morgan fingerprint density at radius 2 is 1.00 bits per heavy atom. The highest BCUT2D eigenvalue weighted by molar-refractivity contribution is 5.91. The predicted molar refractivity (Wildman–Crippen MR) is 187 cm³/mol. The van der Waals surface area contributed by atoms with Gasteiger partial charge < -0.3 is 4.90 Å². The molecule has 45 heavy (non-hydrogen) atoms. The largest absolute Gasteiger partial charge is 0.310 e. The van der Waals surface area contributed by atoms with E-state index in [1.54, 1.807) is 11.1 Å². The van der Waals surface area contributed by atoms with Gasteiger partial charge in [-0.2, -0.15) is 0 Å². The monoisotopic (exact) mass is 579 g/mol. The molecule has 6 aromatic rings. The third-order valence-electron chi connectivity index (χ3n) is 12.0. The van der Waals surface area contributed by atoms with Gasteiger partial charge in [-0.3, -0.25) is 0 Å². The van der Waals surface area contributed by atoms with Gasteiger partial charge in [0, 0.05) is 22.5 Å². The van der Waals surface area contributed by atoms with Crippen LogP contribution in [-0.2, 0) is 5.41 Å². The fourth-order valence-corrected chi connectivity index (χ4v) is 10.5. The fourth-order valence-electron chi connectivity index (χ4n) is 10.5. The van der Waals surface area contributed by atoms with Crippen molar-refractivity contribution in [3.05, 3.63) is 151 Å². The number of hydrogen-bond donors (Lipinski definition) is 0. The van der Waals surface area contributed by atoms with E-state index >= 15 is 0 Å². The maximum Gasteiger partial charge on any atom is 0.0468 e. The van der Waals surface area contributed by atoms with Crippen molar-refractivity contribution in [2.24, 2.45) is 23.7 Å². The zero-order valence-corrected chi connectivity index (χ0v) is 25.6. The predicted octanol–water partition coefficient (Wildman–Crippen LogP) is 11.7. The van der Waals surface area contributed by atoms with Crippen molar-refractivity contribution in [2.45, 2.75) is 37.5 Å². The van der Waals surface area contributed by atoms with Gasteiger partial charge in [-0.05, 0) is 136 Å². The number of anilines is 3. The first-order chi connectivity index (χ1) is 22.3. The Kier molecular flexibility index (Phi) is 5.53. The molecule has 0 saturated heterocycles. The second-order valence-corrected chi connectivity index (χ2v) is 14.2. The van der Waals surface area contributed by atoms with Gasteiger partial charge in [-0.1, -0.05) is 103 Å². The van der Waals surface area contributed by atoms with E-state index in [1.165, 1.54) is 82.2 Å². The Hall–Kier alpha value is -4.62.